The molecule has 1 fully saturated rings. The highest BCUT2D eigenvalue weighted by atomic mass is 16.7. The first-order chi connectivity index (χ1) is 34.4. The molecule has 9 heteroatoms. The summed E-state index contributed by atoms with van der Waals surface area (Å²) < 4.78 is 23.0. The van der Waals surface area contributed by atoms with Gasteiger partial charge in [0, 0.05) is 13.0 Å². The molecule has 0 bridgehead atoms. The summed E-state index contributed by atoms with van der Waals surface area (Å²) in [4.78, 5) is 12.9. The molecule has 0 aromatic rings. The van der Waals surface area contributed by atoms with E-state index in [4.69, 9.17) is 18.9 Å². The number of allylic oxidation sites excluding steroid dienone is 4. The lowest BCUT2D eigenvalue weighted by Crippen LogP contribution is -2.59. The number of unbranched alkanes of at least 4 members (excludes halogenated alkanes) is 39. The predicted octanol–water partition coefficient (Wildman–Crippen LogP) is 16.0. The van der Waals surface area contributed by atoms with Gasteiger partial charge in [0.2, 0.25) is 0 Å². The molecule has 6 atom stereocenters. The van der Waals surface area contributed by atoms with Crippen molar-refractivity contribution >= 4 is 5.97 Å². The number of aliphatic hydroxyl groups is 4. The largest absolute Gasteiger partial charge is 0.457 e. The summed E-state index contributed by atoms with van der Waals surface area (Å²) in [5.41, 5.74) is 0. The molecule has 0 radical (unpaired) electrons. The van der Waals surface area contributed by atoms with Crippen LogP contribution in [0.2, 0.25) is 0 Å². The van der Waals surface area contributed by atoms with E-state index in [0.717, 1.165) is 32.1 Å². The fraction of sp³-hybridized carbons (Fsp3) is 0.918. The second-order valence-electron chi connectivity index (χ2n) is 21.1. The highest BCUT2D eigenvalue weighted by Crippen LogP contribution is 2.23. The van der Waals surface area contributed by atoms with E-state index >= 15 is 0 Å². The zero-order valence-corrected chi connectivity index (χ0v) is 46.0. The van der Waals surface area contributed by atoms with Gasteiger partial charge in [-0.1, -0.05) is 250 Å². The van der Waals surface area contributed by atoms with E-state index in [9.17, 15) is 25.2 Å². The zero-order chi connectivity index (χ0) is 50.6. The molecular weight excluding hydrogens is 877 g/mol. The number of ether oxygens (including phenoxy) is 4. The summed E-state index contributed by atoms with van der Waals surface area (Å²) in [5.74, 6) is -0.308. The average Bonchev–Trinajstić information content (AvgIpc) is 3.36. The van der Waals surface area contributed by atoms with Crippen molar-refractivity contribution in [2.75, 3.05) is 26.4 Å². The zero-order valence-electron chi connectivity index (χ0n) is 46.0. The molecule has 0 aromatic carbocycles. The van der Waals surface area contributed by atoms with Gasteiger partial charge in [0.25, 0.3) is 0 Å². The quantitative estimate of drug-likeness (QED) is 0.0267. The predicted molar refractivity (Wildman–Crippen MR) is 293 cm³/mol. The topological polar surface area (TPSA) is 135 Å². The third-order valence-corrected chi connectivity index (χ3v) is 14.3. The van der Waals surface area contributed by atoms with Gasteiger partial charge in [0.1, 0.15) is 30.5 Å². The Morgan fingerprint density at radius 3 is 1.16 bits per heavy atom. The number of carbonyl (C=O) groups is 1. The maximum absolute atomic E-state index is 12.9. The number of hydrogen-bond donors (Lipinski definition) is 4. The van der Waals surface area contributed by atoms with Crippen molar-refractivity contribution in [1.29, 1.82) is 0 Å². The molecule has 0 saturated carbocycles. The Kier molecular flexibility index (Phi) is 50.0. The van der Waals surface area contributed by atoms with Crippen LogP contribution in [0.3, 0.4) is 0 Å². The lowest BCUT2D eigenvalue weighted by Gasteiger charge is -2.39. The smallest absolute Gasteiger partial charge is 0.306 e. The molecule has 1 aliphatic heterocycles. The van der Waals surface area contributed by atoms with E-state index in [1.54, 1.807) is 0 Å². The molecule has 6 unspecified atom stereocenters. The second-order valence-corrected chi connectivity index (χ2v) is 21.1. The lowest BCUT2D eigenvalue weighted by atomic mass is 9.99. The van der Waals surface area contributed by atoms with E-state index < -0.39 is 43.4 Å². The van der Waals surface area contributed by atoms with Crippen molar-refractivity contribution in [3.05, 3.63) is 24.3 Å². The Balaban J connectivity index is 2.12. The Morgan fingerprint density at radius 2 is 0.786 bits per heavy atom. The van der Waals surface area contributed by atoms with Crippen LogP contribution in [0.1, 0.15) is 296 Å². The Hall–Kier alpha value is -1.33. The van der Waals surface area contributed by atoms with E-state index in [-0.39, 0.29) is 19.2 Å². The highest BCUT2D eigenvalue weighted by Gasteiger charge is 2.44. The molecule has 1 aliphatic rings. The first-order valence-corrected chi connectivity index (χ1v) is 30.4. The molecule has 0 spiro atoms. The van der Waals surface area contributed by atoms with Gasteiger partial charge in [-0.05, 0) is 64.2 Å². The van der Waals surface area contributed by atoms with Crippen LogP contribution < -0.4 is 0 Å². The molecule has 4 N–H and O–H groups in total. The van der Waals surface area contributed by atoms with Gasteiger partial charge < -0.3 is 39.4 Å². The first-order valence-electron chi connectivity index (χ1n) is 30.4. The lowest BCUT2D eigenvalue weighted by molar-refractivity contribution is -0.305. The molecule has 414 valence electrons. The Bertz CT molecular complexity index is 1130. The van der Waals surface area contributed by atoms with Crippen LogP contribution in [0.5, 0.6) is 0 Å². The van der Waals surface area contributed by atoms with Gasteiger partial charge in [0.05, 0.1) is 19.8 Å². The van der Waals surface area contributed by atoms with E-state index in [1.165, 1.54) is 244 Å². The molecule has 1 heterocycles. The van der Waals surface area contributed by atoms with Crippen LogP contribution >= 0.6 is 0 Å². The van der Waals surface area contributed by atoms with Gasteiger partial charge in [-0.15, -0.1) is 0 Å². The normalized spacial score (nSPS) is 19.0. The number of hydrogen-bond acceptors (Lipinski definition) is 9. The monoisotopic (exact) mass is 993 g/mol. The Labute approximate surface area is 432 Å². The molecule has 1 saturated heterocycles. The summed E-state index contributed by atoms with van der Waals surface area (Å²) in [7, 11) is 0. The van der Waals surface area contributed by atoms with Crippen molar-refractivity contribution < 1.29 is 44.2 Å². The van der Waals surface area contributed by atoms with Crippen LogP contribution in [0.4, 0.5) is 0 Å². The number of aliphatic hydroxyl groups excluding tert-OH is 4. The summed E-state index contributed by atoms with van der Waals surface area (Å²) in [5, 5.41) is 40.4. The number of rotatable bonds is 54. The van der Waals surface area contributed by atoms with Crippen molar-refractivity contribution in [3.8, 4) is 0 Å². The second kappa shape index (κ2) is 52.5. The van der Waals surface area contributed by atoms with Crippen LogP contribution in [0.15, 0.2) is 24.3 Å². The summed E-state index contributed by atoms with van der Waals surface area (Å²) in [6.45, 7) is 4.62. The first kappa shape index (κ1) is 66.7. The van der Waals surface area contributed by atoms with Gasteiger partial charge in [-0.2, -0.15) is 0 Å². The molecule has 1 rings (SSSR count). The number of esters is 1. The standard InChI is InChI=1S/C61H116O9/c1-3-5-7-9-11-13-15-17-19-21-23-25-27-28-29-30-32-34-36-38-40-42-44-46-48-50-57(63)69-55(54-68-61-60(66)59(65)58(64)56(52-62)70-61)53-67-51-49-47-45-43-41-39-37-35-33-31-26-24-22-20-18-16-14-12-10-8-6-4-2/h21-24,55-56,58-62,64-66H,3-20,25-54H2,1-2H3/b23-21-,24-22-. The van der Waals surface area contributed by atoms with E-state index in [0.29, 0.717) is 13.0 Å². The minimum Gasteiger partial charge on any atom is -0.457 e. The van der Waals surface area contributed by atoms with E-state index in [2.05, 4.69) is 38.2 Å². The summed E-state index contributed by atoms with van der Waals surface area (Å²) in [6.07, 6.45) is 58.1. The SMILES string of the molecule is CCCCCCCCCC/C=C\CCCCCCCCCCCCCCCC(=O)OC(COCCCCCCCCCCCC/C=C\CCCCCCCCCC)COC1OC(CO)C(O)C(O)C1O. The molecule has 9 nitrogen and oxygen atoms in total. The molecule has 0 amide bonds. The molecule has 0 aromatic heterocycles. The summed E-state index contributed by atoms with van der Waals surface area (Å²) >= 11 is 0. The third kappa shape index (κ3) is 42.1. The molecular formula is C61H116O9. The fourth-order valence-corrected chi connectivity index (χ4v) is 9.60. The fourth-order valence-electron chi connectivity index (χ4n) is 9.60. The van der Waals surface area contributed by atoms with Crippen LogP contribution in [0, 0.1) is 0 Å². The van der Waals surface area contributed by atoms with Crippen molar-refractivity contribution in [3.63, 3.8) is 0 Å². The highest BCUT2D eigenvalue weighted by molar-refractivity contribution is 5.69. The molecule has 70 heavy (non-hydrogen) atoms. The van der Waals surface area contributed by atoms with Crippen LogP contribution in [0.25, 0.3) is 0 Å². The maximum atomic E-state index is 12.9. The van der Waals surface area contributed by atoms with Crippen molar-refractivity contribution in [2.45, 2.75) is 333 Å². The van der Waals surface area contributed by atoms with Crippen LogP contribution in [-0.4, -0.2) is 89.6 Å². The molecule has 0 aliphatic carbocycles. The minimum atomic E-state index is -1.54. The van der Waals surface area contributed by atoms with Crippen molar-refractivity contribution in [1.82, 2.24) is 0 Å². The Morgan fingerprint density at radius 1 is 0.443 bits per heavy atom. The van der Waals surface area contributed by atoms with Crippen molar-refractivity contribution in [2.24, 2.45) is 0 Å². The van der Waals surface area contributed by atoms with E-state index in [1.807, 2.05) is 0 Å². The van der Waals surface area contributed by atoms with Gasteiger partial charge >= 0.3 is 5.97 Å². The third-order valence-electron chi connectivity index (χ3n) is 14.3. The van der Waals surface area contributed by atoms with Gasteiger partial charge in [-0.3, -0.25) is 4.79 Å². The average molecular weight is 994 g/mol. The maximum Gasteiger partial charge on any atom is 0.306 e. The summed E-state index contributed by atoms with van der Waals surface area (Å²) in [6, 6.07) is 0. The van der Waals surface area contributed by atoms with Crippen LogP contribution in [-0.2, 0) is 23.7 Å². The van der Waals surface area contributed by atoms with Gasteiger partial charge in [0.15, 0.2) is 6.29 Å². The number of carbonyl (C=O) groups excluding carboxylic acids is 1. The van der Waals surface area contributed by atoms with Gasteiger partial charge in [-0.25, -0.2) is 0 Å². The minimum absolute atomic E-state index is 0.110.